The van der Waals surface area contributed by atoms with Gasteiger partial charge in [0.05, 0.1) is 5.69 Å². The summed E-state index contributed by atoms with van der Waals surface area (Å²) in [5, 5.41) is 0.610. The molecule has 0 amide bonds. The Morgan fingerprint density at radius 1 is 1.05 bits per heavy atom. The summed E-state index contributed by atoms with van der Waals surface area (Å²) in [7, 11) is -3.38. The van der Waals surface area contributed by atoms with Gasteiger partial charge in [-0.3, -0.25) is 4.31 Å². The molecule has 1 aliphatic carbocycles. The molecule has 0 radical (unpaired) electrons. The molecule has 2 atom stereocenters. The third-order valence-corrected chi connectivity index (χ3v) is 7.41. The Hall–Kier alpha value is -1.52. The van der Waals surface area contributed by atoms with Crippen LogP contribution in [0.15, 0.2) is 54.6 Å². The quantitative estimate of drug-likeness (QED) is 0.850. The maximum absolute atomic E-state index is 13.0. The summed E-state index contributed by atoms with van der Waals surface area (Å²) >= 11 is 5.88. The van der Waals surface area contributed by atoms with E-state index in [9.17, 15) is 8.42 Å². The predicted molar refractivity (Wildman–Crippen MR) is 83.9 cm³/mol. The molecule has 2 unspecified atom stereocenters. The zero-order valence-electron chi connectivity index (χ0n) is 11.2. The number of nitrogens with zero attached hydrogens (tertiary/aromatic N) is 1. The van der Waals surface area contributed by atoms with E-state index < -0.39 is 14.8 Å². The van der Waals surface area contributed by atoms with Gasteiger partial charge in [0.15, 0.2) is 0 Å². The van der Waals surface area contributed by atoms with Gasteiger partial charge in [-0.25, -0.2) is 8.42 Å². The molecule has 2 aliphatic rings. The molecule has 2 aromatic carbocycles. The number of halogens is 1. The highest BCUT2D eigenvalue weighted by atomic mass is 35.5. The molecule has 108 valence electrons. The Kier molecular flexibility index (Phi) is 2.66. The topological polar surface area (TPSA) is 37.4 Å². The smallest absolute Gasteiger partial charge is 0.245 e. The minimum Gasteiger partial charge on any atom is -0.269 e. The van der Waals surface area contributed by atoms with Gasteiger partial charge in [0.2, 0.25) is 10.0 Å². The van der Waals surface area contributed by atoms with Crippen LogP contribution in [-0.4, -0.2) is 15.0 Å². The molecule has 1 aliphatic heterocycles. The molecule has 21 heavy (non-hydrogen) atoms. The second-order valence-corrected chi connectivity index (χ2v) is 8.22. The van der Waals surface area contributed by atoms with E-state index in [4.69, 9.17) is 11.6 Å². The predicted octanol–water partition coefficient (Wildman–Crippen LogP) is 3.41. The summed E-state index contributed by atoms with van der Waals surface area (Å²) in [6.07, 6.45) is 0.726. The molecule has 0 bridgehead atoms. The van der Waals surface area contributed by atoms with Gasteiger partial charge in [-0.2, -0.15) is 0 Å². The largest absolute Gasteiger partial charge is 0.269 e. The van der Waals surface area contributed by atoms with E-state index in [2.05, 4.69) is 0 Å². The number of hydrogen-bond acceptors (Lipinski definition) is 2. The van der Waals surface area contributed by atoms with Crippen molar-refractivity contribution >= 4 is 27.3 Å². The molecule has 0 N–H and O–H groups in total. The van der Waals surface area contributed by atoms with Crippen LogP contribution in [0.3, 0.4) is 0 Å². The average molecular weight is 320 g/mol. The van der Waals surface area contributed by atoms with Gasteiger partial charge < -0.3 is 0 Å². The second-order valence-electron chi connectivity index (χ2n) is 5.67. The second kappa shape index (κ2) is 4.24. The third-order valence-electron chi connectivity index (χ3n) is 4.56. The summed E-state index contributed by atoms with van der Waals surface area (Å²) in [6.45, 7) is 0.554. The lowest BCUT2D eigenvalue weighted by Crippen LogP contribution is -2.33. The van der Waals surface area contributed by atoms with Crippen LogP contribution in [0.5, 0.6) is 0 Å². The molecule has 2 aromatic rings. The van der Waals surface area contributed by atoms with Crippen LogP contribution in [0.1, 0.15) is 12.0 Å². The molecule has 3 nitrogen and oxygen atoms in total. The van der Waals surface area contributed by atoms with Gasteiger partial charge in [-0.1, -0.05) is 41.9 Å². The minimum absolute atomic E-state index is 0.181. The molecule has 5 heteroatoms. The van der Waals surface area contributed by atoms with Crippen LogP contribution in [-0.2, 0) is 14.8 Å². The Bertz CT molecular complexity index is 789. The average Bonchev–Trinajstić information content (AvgIpc) is 3.18. The first-order valence-corrected chi connectivity index (χ1v) is 8.71. The Balaban J connectivity index is 1.78. The van der Waals surface area contributed by atoms with E-state index in [1.54, 1.807) is 24.3 Å². The summed E-state index contributed by atoms with van der Waals surface area (Å²) < 4.78 is 26.9. The van der Waals surface area contributed by atoms with E-state index in [0.717, 1.165) is 12.0 Å². The van der Waals surface area contributed by atoms with Crippen LogP contribution >= 0.6 is 11.6 Å². The first kappa shape index (κ1) is 13.2. The van der Waals surface area contributed by atoms with Gasteiger partial charge in [-0.15, -0.1) is 0 Å². The van der Waals surface area contributed by atoms with Crippen molar-refractivity contribution in [1.82, 2.24) is 0 Å². The maximum atomic E-state index is 13.0. The van der Waals surface area contributed by atoms with E-state index >= 15 is 0 Å². The molecule has 1 saturated carbocycles. The Morgan fingerprint density at radius 2 is 1.71 bits per heavy atom. The van der Waals surface area contributed by atoms with Gasteiger partial charge in [0.25, 0.3) is 0 Å². The van der Waals surface area contributed by atoms with Gasteiger partial charge >= 0.3 is 0 Å². The molecular formula is C16H14ClNO2S. The summed E-state index contributed by atoms with van der Waals surface area (Å²) in [6, 6.07) is 16.5. The lowest BCUT2D eigenvalue weighted by Gasteiger charge is -2.23. The van der Waals surface area contributed by atoms with Crippen LogP contribution in [0.4, 0.5) is 5.69 Å². The molecule has 2 fully saturated rings. The number of sulfonamides is 1. The van der Waals surface area contributed by atoms with E-state index in [1.807, 2.05) is 30.3 Å². The van der Waals surface area contributed by atoms with Crippen LogP contribution in [0.25, 0.3) is 0 Å². The van der Waals surface area contributed by atoms with Gasteiger partial charge in [0.1, 0.15) is 4.75 Å². The highest BCUT2D eigenvalue weighted by molar-refractivity contribution is 7.94. The summed E-state index contributed by atoms with van der Waals surface area (Å²) in [4.78, 5) is 0. The van der Waals surface area contributed by atoms with E-state index in [-0.39, 0.29) is 5.92 Å². The lowest BCUT2D eigenvalue weighted by molar-refractivity contribution is 0.583. The number of rotatable bonds is 2. The maximum Gasteiger partial charge on any atom is 0.245 e. The molecule has 1 saturated heterocycles. The molecular weight excluding hydrogens is 306 g/mol. The first-order chi connectivity index (χ1) is 10.1. The SMILES string of the molecule is O=S1(=O)N(c2ccc(Cl)cc2)CC2CC21c1ccccc1. The molecule has 4 rings (SSSR count). The van der Waals surface area contributed by atoms with E-state index in [1.165, 1.54) is 4.31 Å². The van der Waals surface area contributed by atoms with Gasteiger partial charge in [-0.05, 0) is 36.2 Å². The Labute approximate surface area is 129 Å². The normalized spacial score (nSPS) is 29.2. The molecule has 1 heterocycles. The number of anilines is 1. The lowest BCUT2D eigenvalue weighted by atomic mass is 10.1. The van der Waals surface area contributed by atoms with Gasteiger partial charge in [0, 0.05) is 17.5 Å². The van der Waals surface area contributed by atoms with Crippen LogP contribution in [0.2, 0.25) is 5.02 Å². The monoisotopic (exact) mass is 319 g/mol. The van der Waals surface area contributed by atoms with Crippen molar-refractivity contribution in [3.05, 3.63) is 65.2 Å². The number of hydrogen-bond donors (Lipinski definition) is 0. The summed E-state index contributed by atoms with van der Waals surface area (Å²) in [5.74, 6) is 0.181. The minimum atomic E-state index is -3.38. The van der Waals surface area contributed by atoms with Crippen molar-refractivity contribution in [3.63, 3.8) is 0 Å². The molecule has 0 aromatic heterocycles. The standard InChI is InChI=1S/C16H14ClNO2S/c17-14-6-8-15(9-7-14)18-11-13-10-16(13,21(18,19)20)12-4-2-1-3-5-12/h1-9,13H,10-11H2. The van der Waals surface area contributed by atoms with Crippen molar-refractivity contribution in [1.29, 1.82) is 0 Å². The third kappa shape index (κ3) is 1.69. The fraction of sp³-hybridized carbons (Fsp3) is 0.250. The highest BCUT2D eigenvalue weighted by Gasteiger charge is 2.71. The first-order valence-electron chi connectivity index (χ1n) is 6.89. The summed E-state index contributed by atoms with van der Waals surface area (Å²) in [5.41, 5.74) is 1.60. The molecule has 0 spiro atoms. The van der Waals surface area contributed by atoms with Crippen molar-refractivity contribution in [2.24, 2.45) is 5.92 Å². The van der Waals surface area contributed by atoms with E-state index in [0.29, 0.717) is 17.3 Å². The Morgan fingerprint density at radius 3 is 2.38 bits per heavy atom. The highest BCUT2D eigenvalue weighted by Crippen LogP contribution is 2.64. The number of fused-ring (bicyclic) bond motifs is 1. The van der Waals surface area contributed by atoms with Crippen molar-refractivity contribution in [3.8, 4) is 0 Å². The van der Waals surface area contributed by atoms with Crippen molar-refractivity contribution < 1.29 is 8.42 Å². The zero-order chi connectivity index (χ0) is 14.7. The van der Waals surface area contributed by atoms with Crippen molar-refractivity contribution in [2.75, 3.05) is 10.8 Å². The fourth-order valence-electron chi connectivity index (χ4n) is 3.40. The fourth-order valence-corrected chi connectivity index (χ4v) is 6.04. The van der Waals surface area contributed by atoms with Crippen LogP contribution in [0, 0.1) is 5.92 Å². The van der Waals surface area contributed by atoms with Crippen LogP contribution < -0.4 is 4.31 Å². The zero-order valence-corrected chi connectivity index (χ0v) is 12.8. The number of benzene rings is 2. The van der Waals surface area contributed by atoms with Crippen molar-refractivity contribution in [2.45, 2.75) is 11.2 Å².